The summed E-state index contributed by atoms with van der Waals surface area (Å²) in [4.78, 5) is 50.9. The predicted octanol–water partition coefficient (Wildman–Crippen LogP) is 1.61. The molecule has 0 spiro atoms. The number of aliphatic carboxylic acids is 2. The molecule has 10 nitrogen and oxygen atoms in total. The molecule has 1 fully saturated rings. The van der Waals surface area contributed by atoms with Crippen LogP contribution < -0.4 is 9.64 Å². The minimum Gasteiger partial charge on any atom is -0.479 e. The van der Waals surface area contributed by atoms with Crippen LogP contribution in [0.3, 0.4) is 0 Å². The molecule has 10 heteroatoms. The van der Waals surface area contributed by atoms with Crippen LogP contribution in [0.15, 0.2) is 42.6 Å². The molecule has 1 saturated heterocycles. The number of nitrogens with zero attached hydrogens (tertiary/aromatic N) is 2. The van der Waals surface area contributed by atoms with Crippen LogP contribution >= 0.6 is 0 Å². The number of carbonyl (C=O) groups excluding carboxylic acids is 1. The number of anilines is 1. The fourth-order valence-electron chi connectivity index (χ4n) is 2.94. The number of hydrogen-bond donors (Lipinski definition) is 3. The monoisotopic (exact) mass is 386 g/mol. The Hall–Kier alpha value is -3.95. The van der Waals surface area contributed by atoms with Crippen LogP contribution in [0, 0.1) is 0 Å². The van der Waals surface area contributed by atoms with E-state index in [2.05, 4.69) is 4.98 Å². The molecule has 3 N–H and O–H groups in total. The van der Waals surface area contributed by atoms with Gasteiger partial charge in [0, 0.05) is 18.9 Å². The molecule has 1 aliphatic rings. The van der Waals surface area contributed by atoms with E-state index in [1.807, 2.05) is 0 Å². The van der Waals surface area contributed by atoms with Gasteiger partial charge in [-0.05, 0) is 30.3 Å². The zero-order valence-corrected chi connectivity index (χ0v) is 14.2. The first-order valence-electron chi connectivity index (χ1n) is 8.03. The number of aromatic carboxylic acids is 1. The molecule has 1 aromatic carbocycles. The third-order valence-corrected chi connectivity index (χ3v) is 4.34. The Kier molecular flexibility index (Phi) is 4.70. The topological polar surface area (TPSA) is 154 Å². The van der Waals surface area contributed by atoms with Crippen molar-refractivity contribution in [1.29, 1.82) is 0 Å². The summed E-state index contributed by atoms with van der Waals surface area (Å²) in [5, 5.41) is 27.7. The number of carbonyl (C=O) groups is 4. The lowest BCUT2D eigenvalue weighted by molar-refractivity contribution is -0.157. The Morgan fingerprint density at radius 2 is 1.64 bits per heavy atom. The van der Waals surface area contributed by atoms with E-state index in [0.717, 1.165) is 11.1 Å². The highest BCUT2D eigenvalue weighted by Gasteiger charge is 2.58. The number of carboxylic acids is 3. The third kappa shape index (κ3) is 3.11. The van der Waals surface area contributed by atoms with Gasteiger partial charge in [-0.25, -0.2) is 19.4 Å². The van der Waals surface area contributed by atoms with Gasteiger partial charge in [-0.15, -0.1) is 0 Å². The van der Waals surface area contributed by atoms with Crippen LogP contribution in [0.5, 0.6) is 11.6 Å². The standard InChI is InChI=1S/C18H14N2O8/c21-14-7-8-18(16(24)25,17(26)27)20(14)11-3-6-13(19-9-11)28-12-4-1-10(2-5-12)15(22)23/h1-6,9H,7-8H2,(H,22,23)(H,24,25)(H,26,27). The molecule has 0 bridgehead atoms. The molecule has 1 aliphatic heterocycles. The second kappa shape index (κ2) is 6.99. The summed E-state index contributed by atoms with van der Waals surface area (Å²) in [5.74, 6) is -4.58. The average molecular weight is 386 g/mol. The lowest BCUT2D eigenvalue weighted by Gasteiger charge is -2.30. The summed E-state index contributed by atoms with van der Waals surface area (Å²) in [7, 11) is 0. The smallest absolute Gasteiger partial charge is 0.341 e. The van der Waals surface area contributed by atoms with Crippen LogP contribution in [-0.4, -0.2) is 49.7 Å². The summed E-state index contributed by atoms with van der Waals surface area (Å²) < 4.78 is 5.46. The second-order valence-electron chi connectivity index (χ2n) is 5.99. The summed E-state index contributed by atoms with van der Waals surface area (Å²) in [6.45, 7) is 0. The first-order chi connectivity index (χ1) is 13.3. The minimum absolute atomic E-state index is 0.0147. The van der Waals surface area contributed by atoms with Gasteiger partial charge in [-0.2, -0.15) is 0 Å². The van der Waals surface area contributed by atoms with Gasteiger partial charge in [0.2, 0.25) is 17.3 Å². The van der Waals surface area contributed by atoms with Crippen molar-refractivity contribution >= 4 is 29.5 Å². The summed E-state index contributed by atoms with van der Waals surface area (Å²) in [5.41, 5.74) is -2.28. The summed E-state index contributed by atoms with van der Waals surface area (Å²) in [6.07, 6.45) is 0.572. The number of amides is 1. The molecule has 1 aromatic heterocycles. The van der Waals surface area contributed by atoms with Crippen LogP contribution in [0.1, 0.15) is 23.2 Å². The van der Waals surface area contributed by atoms with Gasteiger partial charge in [0.05, 0.1) is 17.4 Å². The zero-order chi connectivity index (χ0) is 20.5. The second-order valence-corrected chi connectivity index (χ2v) is 5.99. The van der Waals surface area contributed by atoms with Gasteiger partial charge >= 0.3 is 17.9 Å². The van der Waals surface area contributed by atoms with Crippen LogP contribution in [0.4, 0.5) is 5.69 Å². The average Bonchev–Trinajstić information content (AvgIpc) is 3.01. The SMILES string of the molecule is O=C(O)c1ccc(Oc2ccc(N3C(=O)CCC3(C(=O)O)C(=O)O)cn2)cc1. The van der Waals surface area contributed by atoms with E-state index in [0.29, 0.717) is 5.75 Å². The van der Waals surface area contributed by atoms with Crippen LogP contribution in [0.2, 0.25) is 0 Å². The van der Waals surface area contributed by atoms with Crippen LogP contribution in [-0.2, 0) is 14.4 Å². The van der Waals surface area contributed by atoms with E-state index >= 15 is 0 Å². The number of rotatable bonds is 6. The van der Waals surface area contributed by atoms with Crippen molar-refractivity contribution < 1.29 is 39.2 Å². The lowest BCUT2D eigenvalue weighted by Crippen LogP contribution is -2.58. The highest BCUT2D eigenvalue weighted by atomic mass is 16.5. The molecule has 2 aromatic rings. The lowest BCUT2D eigenvalue weighted by atomic mass is 9.96. The summed E-state index contributed by atoms with van der Waals surface area (Å²) >= 11 is 0. The van der Waals surface area contributed by atoms with Crippen molar-refractivity contribution in [1.82, 2.24) is 4.98 Å². The van der Waals surface area contributed by atoms with Crippen LogP contribution in [0.25, 0.3) is 0 Å². The maximum absolute atomic E-state index is 12.2. The Morgan fingerprint density at radius 3 is 2.14 bits per heavy atom. The highest BCUT2D eigenvalue weighted by molar-refractivity contribution is 6.17. The van der Waals surface area contributed by atoms with Gasteiger partial charge in [0.1, 0.15) is 5.75 Å². The van der Waals surface area contributed by atoms with Gasteiger partial charge in [0.15, 0.2) is 0 Å². The fourth-order valence-corrected chi connectivity index (χ4v) is 2.94. The normalized spacial score (nSPS) is 15.3. The number of benzene rings is 1. The molecule has 0 aliphatic carbocycles. The quantitative estimate of drug-likeness (QED) is 0.628. The van der Waals surface area contributed by atoms with Crippen molar-refractivity contribution in [2.45, 2.75) is 18.4 Å². The Bertz CT molecular complexity index is 939. The van der Waals surface area contributed by atoms with E-state index in [1.165, 1.54) is 36.4 Å². The highest BCUT2D eigenvalue weighted by Crippen LogP contribution is 2.36. The van der Waals surface area contributed by atoms with Crippen molar-refractivity contribution in [2.24, 2.45) is 0 Å². The number of hydrogen-bond acceptors (Lipinski definition) is 6. The van der Waals surface area contributed by atoms with Gasteiger partial charge < -0.3 is 20.1 Å². The van der Waals surface area contributed by atoms with Crippen molar-refractivity contribution in [3.05, 3.63) is 48.2 Å². The first-order valence-corrected chi connectivity index (χ1v) is 8.03. The Balaban J connectivity index is 1.85. The third-order valence-electron chi connectivity index (χ3n) is 4.34. The van der Waals surface area contributed by atoms with Crippen molar-refractivity contribution in [2.75, 3.05) is 4.90 Å². The molecule has 2 heterocycles. The van der Waals surface area contributed by atoms with E-state index in [-0.39, 0.29) is 30.0 Å². The molecule has 0 saturated carbocycles. The molecular formula is C18H14N2O8. The van der Waals surface area contributed by atoms with Gasteiger partial charge in [0.25, 0.3) is 0 Å². The zero-order valence-electron chi connectivity index (χ0n) is 14.2. The fraction of sp³-hybridized carbons (Fsp3) is 0.167. The van der Waals surface area contributed by atoms with Gasteiger partial charge in [-0.1, -0.05) is 0 Å². The molecule has 1 amide bonds. The Labute approximate surface area is 157 Å². The predicted molar refractivity (Wildman–Crippen MR) is 92.4 cm³/mol. The van der Waals surface area contributed by atoms with Gasteiger partial charge in [-0.3, -0.25) is 9.69 Å². The number of carboxylic acid groups (broad SMARTS) is 3. The van der Waals surface area contributed by atoms with Crippen molar-refractivity contribution in [3.8, 4) is 11.6 Å². The largest absolute Gasteiger partial charge is 0.479 e. The molecule has 3 rings (SSSR count). The number of pyridine rings is 1. The molecule has 0 atom stereocenters. The number of aromatic nitrogens is 1. The Morgan fingerprint density at radius 1 is 1.00 bits per heavy atom. The molecule has 28 heavy (non-hydrogen) atoms. The minimum atomic E-state index is -2.38. The van der Waals surface area contributed by atoms with E-state index in [4.69, 9.17) is 9.84 Å². The van der Waals surface area contributed by atoms with E-state index in [9.17, 15) is 29.4 Å². The molecule has 0 unspecified atom stereocenters. The maximum atomic E-state index is 12.2. The first kappa shape index (κ1) is 18.8. The van der Waals surface area contributed by atoms with E-state index < -0.39 is 29.4 Å². The maximum Gasteiger partial charge on any atom is 0.341 e. The number of ether oxygens (including phenoxy) is 1. The van der Waals surface area contributed by atoms with Crippen molar-refractivity contribution in [3.63, 3.8) is 0 Å². The molecule has 144 valence electrons. The molecule has 0 radical (unpaired) electrons. The van der Waals surface area contributed by atoms with E-state index in [1.54, 1.807) is 0 Å². The summed E-state index contributed by atoms with van der Waals surface area (Å²) in [6, 6.07) is 8.25. The molecular weight excluding hydrogens is 372 g/mol.